The summed E-state index contributed by atoms with van der Waals surface area (Å²) in [5, 5.41) is 0. The molecule has 1 aromatic heterocycles. The van der Waals surface area contributed by atoms with E-state index >= 15 is 0 Å². The van der Waals surface area contributed by atoms with Crippen LogP contribution in [0.5, 0.6) is 0 Å². The Balaban J connectivity index is 1.53. The fraction of sp³-hybridized carbons (Fsp3) is 0.667. The number of ether oxygens (including phenoxy) is 3. The fourth-order valence-electron chi connectivity index (χ4n) is 6.42. The van der Waals surface area contributed by atoms with Gasteiger partial charge in [-0.3, -0.25) is 14.4 Å². The summed E-state index contributed by atoms with van der Waals surface area (Å²) in [6.07, 6.45) is 7.51. The van der Waals surface area contributed by atoms with Gasteiger partial charge in [-0.15, -0.1) is 0 Å². The molecule has 3 fully saturated rings. The average Bonchev–Trinajstić information content (AvgIpc) is 3.61. The highest BCUT2D eigenvalue weighted by molar-refractivity contribution is 5.92. The van der Waals surface area contributed by atoms with Crippen molar-refractivity contribution in [1.29, 1.82) is 0 Å². The summed E-state index contributed by atoms with van der Waals surface area (Å²) in [5.74, 6) is -0.419. The first-order valence-corrected chi connectivity index (χ1v) is 13.1. The number of nitrogens with zero attached hydrogens (tertiary/aromatic N) is 2. The van der Waals surface area contributed by atoms with Gasteiger partial charge in [0, 0.05) is 31.1 Å². The molecule has 0 N–H and O–H groups in total. The Hall–Kier alpha value is -2.65. The van der Waals surface area contributed by atoms with Crippen LogP contribution < -0.4 is 0 Å². The Bertz CT molecular complexity index is 994. The van der Waals surface area contributed by atoms with Crippen LogP contribution in [0, 0.1) is 17.3 Å². The van der Waals surface area contributed by atoms with Gasteiger partial charge in [0.05, 0.1) is 45.3 Å². The van der Waals surface area contributed by atoms with Crippen LogP contribution in [0.1, 0.15) is 51.2 Å². The van der Waals surface area contributed by atoms with E-state index in [0.717, 1.165) is 25.7 Å². The maximum Gasteiger partial charge on any atom is 0.320 e. The molecule has 2 saturated heterocycles. The van der Waals surface area contributed by atoms with Crippen LogP contribution >= 0.6 is 0 Å². The van der Waals surface area contributed by atoms with Crippen LogP contribution in [-0.2, 0) is 35.1 Å². The zero-order valence-electron chi connectivity index (χ0n) is 21.1. The third-order valence-corrected chi connectivity index (χ3v) is 8.40. The van der Waals surface area contributed by atoms with Gasteiger partial charge in [0.2, 0.25) is 11.8 Å². The summed E-state index contributed by atoms with van der Waals surface area (Å²) in [4.78, 5) is 44.1. The first kappa shape index (κ1) is 25.0. The molecule has 9 heteroatoms. The molecule has 0 bridgehead atoms. The molecule has 9 nitrogen and oxygen atoms in total. The number of furan rings is 1. The Labute approximate surface area is 211 Å². The molecule has 2 amide bonds. The number of rotatable bonds is 6. The van der Waals surface area contributed by atoms with Crippen molar-refractivity contribution in [2.24, 2.45) is 17.3 Å². The molecule has 1 aromatic rings. The van der Waals surface area contributed by atoms with E-state index < -0.39 is 23.4 Å². The van der Waals surface area contributed by atoms with Crippen molar-refractivity contribution in [1.82, 2.24) is 9.80 Å². The van der Waals surface area contributed by atoms with Crippen LogP contribution in [0.25, 0.3) is 0 Å². The largest absolute Gasteiger partial charge is 0.468 e. The van der Waals surface area contributed by atoms with Gasteiger partial charge in [-0.25, -0.2) is 0 Å². The Morgan fingerprint density at radius 2 is 1.94 bits per heavy atom. The molecule has 4 aliphatic rings. The topological polar surface area (TPSA) is 98.5 Å². The molecule has 1 aliphatic carbocycles. The van der Waals surface area contributed by atoms with Gasteiger partial charge >= 0.3 is 5.97 Å². The van der Waals surface area contributed by atoms with Gasteiger partial charge in [0.1, 0.15) is 11.2 Å². The number of amides is 2. The number of hydrogen-bond acceptors (Lipinski definition) is 7. The van der Waals surface area contributed by atoms with Crippen LogP contribution in [-0.4, -0.2) is 73.2 Å². The Morgan fingerprint density at radius 1 is 1.19 bits per heavy atom. The third-order valence-electron chi connectivity index (χ3n) is 8.40. The average molecular weight is 501 g/mol. The van der Waals surface area contributed by atoms with Crippen molar-refractivity contribution in [2.75, 3.05) is 33.4 Å². The highest BCUT2D eigenvalue weighted by atomic mass is 16.5. The molecule has 4 heterocycles. The van der Waals surface area contributed by atoms with Gasteiger partial charge in [-0.05, 0) is 50.3 Å². The summed E-state index contributed by atoms with van der Waals surface area (Å²) in [7, 11) is 1.37. The number of esters is 1. The number of piperidine rings is 1. The Kier molecular flexibility index (Phi) is 7.21. The van der Waals surface area contributed by atoms with E-state index in [1.165, 1.54) is 7.11 Å². The molecular formula is C27H36N2O7. The Morgan fingerprint density at radius 3 is 2.61 bits per heavy atom. The third kappa shape index (κ3) is 4.47. The van der Waals surface area contributed by atoms with Crippen LogP contribution in [0.4, 0.5) is 0 Å². The predicted molar refractivity (Wildman–Crippen MR) is 128 cm³/mol. The minimum Gasteiger partial charge on any atom is -0.468 e. The lowest BCUT2D eigenvalue weighted by atomic mass is 9.66. The minimum atomic E-state index is -1.18. The summed E-state index contributed by atoms with van der Waals surface area (Å²) < 4.78 is 22.8. The molecule has 5 rings (SSSR count). The van der Waals surface area contributed by atoms with Gasteiger partial charge in [-0.2, -0.15) is 0 Å². The normalized spacial score (nSPS) is 31.2. The lowest BCUT2D eigenvalue weighted by Crippen LogP contribution is -2.60. The zero-order chi connectivity index (χ0) is 25.3. The summed E-state index contributed by atoms with van der Waals surface area (Å²) in [5.41, 5.74) is -0.554. The number of fused-ring (bicyclic) bond motifs is 1. The van der Waals surface area contributed by atoms with Crippen molar-refractivity contribution >= 4 is 17.8 Å². The van der Waals surface area contributed by atoms with E-state index in [0.29, 0.717) is 43.7 Å². The van der Waals surface area contributed by atoms with Gasteiger partial charge in [0.15, 0.2) is 0 Å². The lowest BCUT2D eigenvalue weighted by Gasteiger charge is -2.52. The highest BCUT2D eigenvalue weighted by Gasteiger charge is 2.60. The number of carbonyl (C=O) groups is 3. The number of carbonyl (C=O) groups excluding carboxylic acids is 3. The van der Waals surface area contributed by atoms with Crippen LogP contribution in [0.2, 0.25) is 0 Å². The van der Waals surface area contributed by atoms with Gasteiger partial charge in [0.25, 0.3) is 0 Å². The number of likely N-dealkylation sites (tertiary alicyclic amines) is 1. The molecule has 1 saturated carbocycles. The SMILES string of the molecule is COC(=O)[C@]12C[C@H](CC(=O)N3CCOCC3)C(=O)N(Cc3ccco3)C1=C[C@H](C1CCCC1)O[C@@H]2C. The fourth-order valence-corrected chi connectivity index (χ4v) is 6.42. The molecule has 0 radical (unpaired) electrons. The first-order valence-electron chi connectivity index (χ1n) is 13.1. The first-order chi connectivity index (χ1) is 17.4. The van der Waals surface area contributed by atoms with E-state index in [1.54, 1.807) is 22.1 Å². The minimum absolute atomic E-state index is 0.0261. The van der Waals surface area contributed by atoms with E-state index in [1.807, 2.05) is 19.1 Å². The van der Waals surface area contributed by atoms with Crippen molar-refractivity contribution in [3.05, 3.63) is 35.9 Å². The second-order valence-electron chi connectivity index (χ2n) is 10.4. The monoisotopic (exact) mass is 500 g/mol. The van der Waals surface area contributed by atoms with Crippen molar-refractivity contribution in [3.63, 3.8) is 0 Å². The predicted octanol–water partition coefficient (Wildman–Crippen LogP) is 2.90. The second kappa shape index (κ2) is 10.4. The summed E-state index contributed by atoms with van der Waals surface area (Å²) in [6.45, 7) is 4.07. The number of morpholine rings is 1. The molecule has 0 unspecified atom stereocenters. The van der Waals surface area contributed by atoms with E-state index in [9.17, 15) is 14.4 Å². The zero-order valence-corrected chi connectivity index (χ0v) is 21.1. The number of hydrogen-bond donors (Lipinski definition) is 0. The highest BCUT2D eigenvalue weighted by Crippen LogP contribution is 2.52. The van der Waals surface area contributed by atoms with Gasteiger partial charge in [-0.1, -0.05) is 12.8 Å². The van der Waals surface area contributed by atoms with Crippen molar-refractivity contribution < 1.29 is 33.0 Å². The molecule has 196 valence electrons. The lowest BCUT2D eigenvalue weighted by molar-refractivity contribution is -0.178. The van der Waals surface area contributed by atoms with Crippen molar-refractivity contribution in [3.8, 4) is 0 Å². The van der Waals surface area contributed by atoms with E-state index in [4.69, 9.17) is 18.6 Å². The smallest absolute Gasteiger partial charge is 0.320 e. The molecule has 3 aliphatic heterocycles. The quantitative estimate of drug-likeness (QED) is 0.554. The van der Waals surface area contributed by atoms with E-state index in [-0.39, 0.29) is 37.3 Å². The molecule has 0 spiro atoms. The summed E-state index contributed by atoms with van der Waals surface area (Å²) in [6, 6.07) is 3.59. The molecule has 4 atom stereocenters. The molecule has 0 aromatic carbocycles. The second-order valence-corrected chi connectivity index (χ2v) is 10.4. The van der Waals surface area contributed by atoms with Crippen LogP contribution in [0.3, 0.4) is 0 Å². The van der Waals surface area contributed by atoms with Crippen molar-refractivity contribution in [2.45, 2.75) is 64.2 Å². The van der Waals surface area contributed by atoms with Gasteiger partial charge < -0.3 is 28.4 Å². The van der Waals surface area contributed by atoms with E-state index in [2.05, 4.69) is 0 Å². The van der Waals surface area contributed by atoms with Crippen LogP contribution in [0.15, 0.2) is 34.6 Å². The maximum absolute atomic E-state index is 14.0. The standard InChI is InChI=1S/C27H36N2O7/c1-18-27(26(32)33-2)16-20(14-24(30)28-9-12-34-13-10-28)25(31)29(17-21-8-5-11-35-21)23(27)15-22(36-18)19-6-3-4-7-19/h5,8,11,15,18-20,22H,3-4,6-7,9-10,12-14,16-17H2,1-2H3/t18-,20+,22-,27+/m1/s1. The number of methoxy groups -OCH3 is 1. The molecule has 36 heavy (non-hydrogen) atoms. The molecular weight excluding hydrogens is 464 g/mol. The maximum atomic E-state index is 14.0. The summed E-state index contributed by atoms with van der Waals surface area (Å²) >= 11 is 0.